The molecule has 0 bridgehead atoms. The van der Waals surface area contributed by atoms with Crippen molar-refractivity contribution >= 4 is 39.1 Å². The maximum absolute atomic E-state index is 11.6. The fourth-order valence-electron chi connectivity index (χ4n) is 2.07. The van der Waals surface area contributed by atoms with Gasteiger partial charge in [-0.05, 0) is 42.8 Å². The van der Waals surface area contributed by atoms with Crippen LogP contribution in [0.5, 0.6) is 0 Å². The summed E-state index contributed by atoms with van der Waals surface area (Å²) in [7, 11) is 1.62. The van der Waals surface area contributed by atoms with Crippen LogP contribution in [0.25, 0.3) is 0 Å². The highest BCUT2D eigenvalue weighted by molar-refractivity contribution is 9.10. The van der Waals surface area contributed by atoms with Gasteiger partial charge in [0.25, 0.3) is 5.91 Å². The molecule has 2 aromatic rings. The summed E-state index contributed by atoms with van der Waals surface area (Å²) in [6.45, 7) is 2.03. The van der Waals surface area contributed by atoms with E-state index in [9.17, 15) is 4.79 Å². The van der Waals surface area contributed by atoms with Crippen LogP contribution < -0.4 is 10.6 Å². The Morgan fingerprint density at radius 2 is 2.00 bits per heavy atom. The second kappa shape index (κ2) is 6.96. The van der Waals surface area contributed by atoms with Crippen molar-refractivity contribution in [3.05, 3.63) is 63.1 Å². The van der Waals surface area contributed by atoms with Gasteiger partial charge >= 0.3 is 0 Å². The molecule has 0 spiro atoms. The summed E-state index contributed by atoms with van der Waals surface area (Å²) in [6, 6.07) is 13.2. The smallest absolute Gasteiger partial charge is 0.251 e. The minimum Gasteiger partial charge on any atom is -0.378 e. The molecular formula is C16H16BrClN2O. The minimum atomic E-state index is -0.104. The molecule has 0 aliphatic rings. The van der Waals surface area contributed by atoms with Gasteiger partial charge in [-0.3, -0.25) is 4.79 Å². The molecule has 1 amide bonds. The molecule has 0 saturated heterocycles. The van der Waals surface area contributed by atoms with Crippen molar-refractivity contribution in [2.24, 2.45) is 0 Å². The van der Waals surface area contributed by atoms with Crippen LogP contribution >= 0.6 is 27.5 Å². The van der Waals surface area contributed by atoms with E-state index in [1.807, 2.05) is 43.3 Å². The Morgan fingerprint density at radius 3 is 2.67 bits per heavy atom. The largest absolute Gasteiger partial charge is 0.378 e. The molecule has 1 unspecified atom stereocenters. The number of rotatable bonds is 4. The van der Waals surface area contributed by atoms with Gasteiger partial charge in [0.05, 0.1) is 0 Å². The normalized spacial score (nSPS) is 11.8. The first-order chi connectivity index (χ1) is 10.0. The molecule has 0 heterocycles. The van der Waals surface area contributed by atoms with Crippen molar-refractivity contribution in [1.29, 1.82) is 0 Å². The molecule has 0 aromatic heterocycles. The number of amides is 1. The summed E-state index contributed by atoms with van der Waals surface area (Å²) < 4.78 is 0.949. The van der Waals surface area contributed by atoms with E-state index in [2.05, 4.69) is 26.6 Å². The van der Waals surface area contributed by atoms with Crippen LogP contribution in [0.15, 0.2) is 46.9 Å². The number of anilines is 1. The molecule has 0 fully saturated rings. The van der Waals surface area contributed by atoms with Gasteiger partial charge in [0.1, 0.15) is 0 Å². The van der Waals surface area contributed by atoms with Gasteiger partial charge < -0.3 is 10.6 Å². The van der Waals surface area contributed by atoms with E-state index in [0.29, 0.717) is 10.6 Å². The molecular weight excluding hydrogens is 352 g/mol. The van der Waals surface area contributed by atoms with E-state index < -0.39 is 0 Å². The molecule has 5 heteroatoms. The summed E-state index contributed by atoms with van der Waals surface area (Å²) in [4.78, 5) is 11.6. The zero-order valence-electron chi connectivity index (χ0n) is 11.8. The van der Waals surface area contributed by atoms with Crippen LogP contribution in [0.2, 0.25) is 5.02 Å². The summed E-state index contributed by atoms with van der Waals surface area (Å²) in [5, 5.41) is 6.67. The average Bonchev–Trinajstić information content (AvgIpc) is 2.46. The van der Waals surface area contributed by atoms with Crippen molar-refractivity contribution in [1.82, 2.24) is 5.32 Å². The quantitative estimate of drug-likeness (QED) is 0.827. The molecule has 2 aromatic carbocycles. The highest BCUT2D eigenvalue weighted by Crippen LogP contribution is 2.28. The summed E-state index contributed by atoms with van der Waals surface area (Å²) in [5.41, 5.74) is 2.50. The molecule has 1 atom stereocenters. The van der Waals surface area contributed by atoms with Crippen LogP contribution in [0.1, 0.15) is 28.9 Å². The Labute approximate surface area is 137 Å². The lowest BCUT2D eigenvalue weighted by atomic mass is 10.1. The molecule has 2 N–H and O–H groups in total. The number of carbonyl (C=O) groups excluding carboxylic acids is 1. The summed E-state index contributed by atoms with van der Waals surface area (Å²) in [5.74, 6) is -0.104. The van der Waals surface area contributed by atoms with Crippen molar-refractivity contribution in [2.75, 3.05) is 12.4 Å². The number of halogens is 2. The molecule has 3 nitrogen and oxygen atoms in total. The van der Waals surface area contributed by atoms with Crippen molar-refractivity contribution in [3.8, 4) is 0 Å². The van der Waals surface area contributed by atoms with E-state index in [1.54, 1.807) is 13.1 Å². The van der Waals surface area contributed by atoms with E-state index in [-0.39, 0.29) is 11.9 Å². The van der Waals surface area contributed by atoms with Gasteiger partial charge in [-0.15, -0.1) is 0 Å². The third-order valence-corrected chi connectivity index (χ3v) is 3.98. The lowest BCUT2D eigenvalue weighted by molar-refractivity contribution is 0.0963. The monoisotopic (exact) mass is 366 g/mol. The minimum absolute atomic E-state index is 0.0329. The average molecular weight is 368 g/mol. The number of hydrogen-bond acceptors (Lipinski definition) is 2. The zero-order chi connectivity index (χ0) is 15.4. The van der Waals surface area contributed by atoms with Crippen molar-refractivity contribution < 1.29 is 4.79 Å². The lowest BCUT2D eigenvalue weighted by Crippen LogP contribution is -2.18. The summed E-state index contributed by atoms with van der Waals surface area (Å²) >= 11 is 9.66. The number of carbonyl (C=O) groups is 1. The van der Waals surface area contributed by atoms with E-state index in [4.69, 9.17) is 11.6 Å². The number of hydrogen-bond donors (Lipinski definition) is 2. The predicted octanol–water partition coefficient (Wildman–Crippen LogP) is 4.64. The van der Waals surface area contributed by atoms with Gasteiger partial charge in [-0.2, -0.15) is 0 Å². The Hall–Kier alpha value is -1.52. The fraction of sp³-hybridized carbons (Fsp3) is 0.188. The fourth-order valence-corrected chi connectivity index (χ4v) is 2.91. The molecule has 0 aliphatic heterocycles. The third kappa shape index (κ3) is 3.99. The van der Waals surface area contributed by atoms with Crippen molar-refractivity contribution in [2.45, 2.75) is 13.0 Å². The van der Waals surface area contributed by atoms with Gasteiger partial charge in [0.2, 0.25) is 0 Å². The van der Waals surface area contributed by atoms with Crippen LogP contribution in [-0.2, 0) is 0 Å². The molecule has 0 radical (unpaired) electrons. The lowest BCUT2D eigenvalue weighted by Gasteiger charge is -2.17. The number of benzene rings is 2. The third-order valence-electron chi connectivity index (χ3n) is 3.16. The van der Waals surface area contributed by atoms with Crippen LogP contribution in [0.3, 0.4) is 0 Å². The van der Waals surface area contributed by atoms with Gasteiger partial charge in [-0.25, -0.2) is 0 Å². The Bertz CT molecular complexity index is 660. The molecule has 0 saturated carbocycles. The molecule has 2 rings (SSSR count). The maximum atomic E-state index is 11.6. The highest BCUT2D eigenvalue weighted by atomic mass is 79.9. The zero-order valence-corrected chi connectivity index (χ0v) is 14.1. The van der Waals surface area contributed by atoms with Crippen molar-refractivity contribution in [3.63, 3.8) is 0 Å². The second-order valence-electron chi connectivity index (χ2n) is 4.69. The topological polar surface area (TPSA) is 41.1 Å². The Balaban J connectivity index is 2.19. The first kappa shape index (κ1) is 15.9. The second-order valence-corrected chi connectivity index (χ2v) is 6.01. The van der Waals surface area contributed by atoms with Gasteiger partial charge in [0.15, 0.2) is 0 Å². The van der Waals surface area contributed by atoms with E-state index >= 15 is 0 Å². The number of nitrogens with one attached hydrogen (secondary N) is 2. The highest BCUT2D eigenvalue weighted by Gasteiger charge is 2.11. The maximum Gasteiger partial charge on any atom is 0.251 e. The van der Waals surface area contributed by atoms with Gasteiger partial charge in [-0.1, -0.05) is 39.7 Å². The van der Waals surface area contributed by atoms with Crippen LogP contribution in [0, 0.1) is 0 Å². The molecule has 21 heavy (non-hydrogen) atoms. The SMILES string of the molecule is CNC(=O)c1cccc(NC(C)c2ccc(Br)cc2Cl)c1. The van der Waals surface area contributed by atoms with Gasteiger partial charge in [0, 0.05) is 33.8 Å². The Kier molecular flexibility index (Phi) is 5.26. The Morgan fingerprint density at radius 1 is 1.24 bits per heavy atom. The van der Waals surface area contributed by atoms with Crippen LogP contribution in [0.4, 0.5) is 5.69 Å². The van der Waals surface area contributed by atoms with E-state index in [0.717, 1.165) is 15.7 Å². The first-order valence-corrected chi connectivity index (χ1v) is 7.72. The van der Waals surface area contributed by atoms with E-state index in [1.165, 1.54) is 0 Å². The first-order valence-electron chi connectivity index (χ1n) is 6.55. The molecule has 110 valence electrons. The standard InChI is InChI=1S/C16H16BrClN2O/c1-10(14-7-6-12(17)9-15(14)18)20-13-5-3-4-11(8-13)16(21)19-2/h3-10,20H,1-2H3,(H,19,21). The van der Waals surface area contributed by atoms with Crippen LogP contribution in [-0.4, -0.2) is 13.0 Å². The summed E-state index contributed by atoms with van der Waals surface area (Å²) in [6.07, 6.45) is 0. The molecule has 0 aliphatic carbocycles. The predicted molar refractivity (Wildman–Crippen MR) is 91.0 cm³/mol.